The van der Waals surface area contributed by atoms with Crippen LogP contribution in [-0.4, -0.2) is 75.9 Å². The molecule has 36 heavy (non-hydrogen) atoms. The number of pyridine rings is 1. The van der Waals surface area contributed by atoms with Gasteiger partial charge in [0.25, 0.3) is 5.91 Å². The molecule has 1 saturated heterocycles. The van der Waals surface area contributed by atoms with Crippen LogP contribution in [0.3, 0.4) is 0 Å². The van der Waals surface area contributed by atoms with Crippen LogP contribution in [0.2, 0.25) is 5.15 Å². The number of carbonyl (C=O) groups is 2. The maximum atomic E-state index is 13.1. The van der Waals surface area contributed by atoms with E-state index in [1.807, 2.05) is 29.4 Å². The van der Waals surface area contributed by atoms with Crippen molar-refractivity contribution >= 4 is 29.2 Å². The van der Waals surface area contributed by atoms with Gasteiger partial charge >= 0.3 is 12.1 Å². The lowest BCUT2D eigenvalue weighted by Crippen LogP contribution is -2.53. The number of alkyl halides is 3. The fraction of sp³-hybridized carbons (Fsp3) is 0.348. The van der Waals surface area contributed by atoms with Crippen molar-refractivity contribution < 1.29 is 32.6 Å². The number of anilines is 1. The van der Waals surface area contributed by atoms with Gasteiger partial charge in [0.2, 0.25) is 0 Å². The number of rotatable bonds is 4. The van der Waals surface area contributed by atoms with E-state index in [1.54, 1.807) is 19.4 Å². The minimum absolute atomic E-state index is 0.00759. The molecule has 1 amide bonds. The summed E-state index contributed by atoms with van der Waals surface area (Å²) in [6.07, 6.45) is 1.28. The summed E-state index contributed by atoms with van der Waals surface area (Å²) in [5.74, 6) is -1.85. The molecule has 2 aliphatic heterocycles. The number of nitrogens with zero attached hydrogens (tertiary/aromatic N) is 4. The molecule has 9 nitrogen and oxygen atoms in total. The molecule has 1 fully saturated rings. The van der Waals surface area contributed by atoms with Gasteiger partial charge in [0.15, 0.2) is 5.82 Å². The average Bonchev–Trinajstić information content (AvgIpc) is 3.59. The normalized spacial score (nSPS) is 18.5. The molecule has 3 aromatic rings. The number of ether oxygens (including phenoxy) is 1. The minimum Gasteiger partial charge on any atom is -0.475 e. The second-order valence-electron chi connectivity index (χ2n) is 8.30. The molecule has 2 N–H and O–H groups in total. The number of aromatic amines is 1. The number of nitrogens with one attached hydrogen (secondary N) is 1. The van der Waals surface area contributed by atoms with Crippen LogP contribution in [-0.2, 0) is 15.1 Å². The number of carbonyl (C=O) groups excluding carboxylic acids is 1. The largest absolute Gasteiger partial charge is 0.490 e. The summed E-state index contributed by atoms with van der Waals surface area (Å²) in [4.78, 5) is 33.8. The molecular formula is C23H23ClF3N5O4. The standard InChI is InChI=1S/C21H22ClN5O2.C2HF3O2/c1-29-11-10-27-16-4-2-7-23-19(16)26-8-3-5-17(26)21(27)6-9-25(14-21)20(28)15-12-18(22)24-13-15;3-2(4,5)1(6)7/h2-5,7-8,12-13,24H,6,9-11,14H2,1H3;(H,6,7). The summed E-state index contributed by atoms with van der Waals surface area (Å²) in [5.41, 5.74) is 2.48. The van der Waals surface area contributed by atoms with Crippen LogP contribution < -0.4 is 4.90 Å². The molecule has 0 radical (unpaired) electrons. The summed E-state index contributed by atoms with van der Waals surface area (Å²) >= 11 is 5.98. The zero-order valence-corrected chi connectivity index (χ0v) is 19.9. The number of likely N-dealkylation sites (tertiary alicyclic amines) is 1. The molecule has 5 heterocycles. The van der Waals surface area contributed by atoms with E-state index in [0.717, 1.165) is 30.2 Å². The first-order chi connectivity index (χ1) is 17.1. The highest BCUT2D eigenvalue weighted by molar-refractivity contribution is 6.29. The highest BCUT2D eigenvalue weighted by Crippen LogP contribution is 2.47. The van der Waals surface area contributed by atoms with Gasteiger partial charge in [0.05, 0.1) is 23.6 Å². The summed E-state index contributed by atoms with van der Waals surface area (Å²) < 4.78 is 39.3. The lowest BCUT2D eigenvalue weighted by Gasteiger charge is -2.47. The molecule has 3 aromatic heterocycles. The van der Waals surface area contributed by atoms with Crippen LogP contribution in [0.25, 0.3) is 5.82 Å². The number of halogens is 4. The van der Waals surface area contributed by atoms with E-state index >= 15 is 0 Å². The Morgan fingerprint density at radius 3 is 2.69 bits per heavy atom. The zero-order chi connectivity index (χ0) is 26.1. The third-order valence-electron chi connectivity index (χ3n) is 6.22. The van der Waals surface area contributed by atoms with Crippen molar-refractivity contribution in [3.63, 3.8) is 0 Å². The Labute approximate surface area is 209 Å². The van der Waals surface area contributed by atoms with Gasteiger partial charge in [-0.3, -0.25) is 4.79 Å². The van der Waals surface area contributed by atoms with E-state index in [4.69, 9.17) is 26.2 Å². The molecular weight excluding hydrogens is 503 g/mol. The quantitative estimate of drug-likeness (QED) is 0.538. The maximum absolute atomic E-state index is 13.1. The molecule has 0 saturated carbocycles. The summed E-state index contributed by atoms with van der Waals surface area (Å²) in [6.45, 7) is 2.58. The Hall–Kier alpha value is -3.51. The number of aromatic nitrogens is 3. The fourth-order valence-electron chi connectivity index (χ4n) is 4.68. The third-order valence-corrected chi connectivity index (χ3v) is 6.44. The summed E-state index contributed by atoms with van der Waals surface area (Å²) in [5, 5.41) is 7.59. The van der Waals surface area contributed by atoms with Crippen molar-refractivity contribution in [1.29, 1.82) is 0 Å². The number of fused-ring (bicyclic) bond motifs is 4. The lowest BCUT2D eigenvalue weighted by atomic mass is 9.89. The van der Waals surface area contributed by atoms with Gasteiger partial charge in [-0.2, -0.15) is 13.2 Å². The van der Waals surface area contributed by atoms with Gasteiger partial charge in [-0.1, -0.05) is 11.6 Å². The van der Waals surface area contributed by atoms with E-state index < -0.39 is 12.1 Å². The molecule has 0 aliphatic carbocycles. The first kappa shape index (κ1) is 25.6. The Morgan fingerprint density at radius 1 is 1.31 bits per heavy atom. The monoisotopic (exact) mass is 525 g/mol. The highest BCUT2D eigenvalue weighted by Gasteiger charge is 2.50. The van der Waals surface area contributed by atoms with Crippen LogP contribution in [0.15, 0.2) is 48.9 Å². The van der Waals surface area contributed by atoms with Gasteiger partial charge in [0.1, 0.15) is 10.7 Å². The number of hydrogen-bond donors (Lipinski definition) is 2. The van der Waals surface area contributed by atoms with Gasteiger partial charge < -0.3 is 29.2 Å². The molecule has 1 spiro atoms. The Bertz CT molecular complexity index is 1260. The zero-order valence-electron chi connectivity index (χ0n) is 19.1. The predicted octanol–water partition coefficient (Wildman–Crippen LogP) is 3.69. The molecule has 0 aromatic carbocycles. The third kappa shape index (κ3) is 4.65. The lowest BCUT2D eigenvalue weighted by molar-refractivity contribution is -0.192. The van der Waals surface area contributed by atoms with E-state index in [2.05, 4.69) is 31.6 Å². The number of hydrogen-bond acceptors (Lipinski definition) is 5. The number of carboxylic acids is 1. The Morgan fingerprint density at radius 2 is 2.06 bits per heavy atom. The van der Waals surface area contributed by atoms with Crippen molar-refractivity contribution in [2.24, 2.45) is 0 Å². The van der Waals surface area contributed by atoms with E-state index in [9.17, 15) is 18.0 Å². The Balaban J connectivity index is 0.000000384. The fourth-order valence-corrected chi connectivity index (χ4v) is 4.86. The molecule has 0 bridgehead atoms. The van der Waals surface area contributed by atoms with Crippen LogP contribution in [0.4, 0.5) is 18.9 Å². The number of amides is 1. The number of aliphatic carboxylic acids is 1. The molecule has 1 atom stereocenters. The first-order valence-corrected chi connectivity index (χ1v) is 11.3. The second kappa shape index (κ2) is 9.86. The predicted molar refractivity (Wildman–Crippen MR) is 124 cm³/mol. The Kier molecular flexibility index (Phi) is 7.01. The van der Waals surface area contributed by atoms with Crippen molar-refractivity contribution in [3.05, 3.63) is 65.3 Å². The topological polar surface area (TPSA) is 104 Å². The van der Waals surface area contributed by atoms with E-state index in [0.29, 0.717) is 30.4 Å². The van der Waals surface area contributed by atoms with E-state index in [1.165, 1.54) is 0 Å². The van der Waals surface area contributed by atoms with Crippen molar-refractivity contribution in [2.45, 2.75) is 18.1 Å². The molecule has 1 unspecified atom stereocenters. The number of methoxy groups -OCH3 is 1. The maximum Gasteiger partial charge on any atom is 0.490 e. The SMILES string of the molecule is COCCN1c2cccnc2-n2cccc2C12CCN(C(=O)c1c[nH]c(Cl)c1)C2.O=C(O)C(F)(F)F. The van der Waals surface area contributed by atoms with Gasteiger partial charge in [-0.05, 0) is 36.8 Å². The highest BCUT2D eigenvalue weighted by atomic mass is 35.5. The summed E-state index contributed by atoms with van der Waals surface area (Å²) in [7, 11) is 1.71. The van der Waals surface area contributed by atoms with E-state index in [-0.39, 0.29) is 11.4 Å². The van der Waals surface area contributed by atoms with Crippen molar-refractivity contribution in [3.8, 4) is 5.82 Å². The van der Waals surface area contributed by atoms with Gasteiger partial charge in [-0.25, -0.2) is 9.78 Å². The first-order valence-electron chi connectivity index (χ1n) is 10.9. The number of H-pyrrole nitrogens is 1. The average molecular weight is 526 g/mol. The minimum atomic E-state index is -5.08. The van der Waals surface area contributed by atoms with Crippen LogP contribution >= 0.6 is 11.6 Å². The van der Waals surface area contributed by atoms with Crippen LogP contribution in [0.5, 0.6) is 0 Å². The molecule has 13 heteroatoms. The van der Waals surface area contributed by atoms with Crippen molar-refractivity contribution in [2.75, 3.05) is 38.3 Å². The molecule has 5 rings (SSSR count). The molecule has 192 valence electrons. The van der Waals surface area contributed by atoms with Crippen LogP contribution in [0.1, 0.15) is 22.5 Å². The summed E-state index contributed by atoms with van der Waals surface area (Å²) in [6, 6.07) is 9.92. The van der Waals surface area contributed by atoms with Gasteiger partial charge in [0, 0.05) is 45.3 Å². The smallest absolute Gasteiger partial charge is 0.475 e. The van der Waals surface area contributed by atoms with Crippen LogP contribution in [0, 0.1) is 0 Å². The van der Waals surface area contributed by atoms with Crippen molar-refractivity contribution in [1.82, 2.24) is 19.4 Å². The van der Waals surface area contributed by atoms with Gasteiger partial charge in [-0.15, -0.1) is 0 Å². The molecule has 2 aliphatic rings. The number of carboxylic acid groups (broad SMARTS) is 1. The second-order valence-corrected chi connectivity index (χ2v) is 8.71.